The first-order valence-corrected chi connectivity index (χ1v) is 8.38. The molecule has 6 nitrogen and oxygen atoms in total. The Kier molecular flexibility index (Phi) is 5.34. The molecule has 1 aliphatic heterocycles. The van der Waals surface area contributed by atoms with Gasteiger partial charge in [-0.3, -0.25) is 14.4 Å². The Morgan fingerprint density at radius 1 is 1.07 bits per heavy atom. The Morgan fingerprint density at radius 3 is 2.54 bits per heavy atom. The fraction of sp³-hybridized carbons (Fsp3) is 0.211. The third-order valence-electron chi connectivity index (χ3n) is 4.27. The number of nitrogens with zero attached hydrogens (tertiary/aromatic N) is 1. The van der Waals surface area contributed by atoms with E-state index >= 15 is 0 Å². The number of carbonyl (C=O) groups is 3. The highest BCUT2D eigenvalue weighted by molar-refractivity contribution is 6.04. The van der Waals surface area contributed by atoms with Crippen LogP contribution in [0.25, 0.3) is 0 Å². The van der Waals surface area contributed by atoms with Crippen molar-refractivity contribution in [2.24, 2.45) is 5.92 Å². The molecule has 0 saturated carbocycles. The summed E-state index contributed by atoms with van der Waals surface area (Å²) in [6, 6.07) is 8.16. The van der Waals surface area contributed by atoms with E-state index < -0.39 is 35.0 Å². The number of halogens is 3. The van der Waals surface area contributed by atoms with Crippen molar-refractivity contribution in [2.45, 2.75) is 13.3 Å². The highest BCUT2D eigenvalue weighted by Gasteiger charge is 2.35. The molecule has 0 spiro atoms. The molecule has 1 fully saturated rings. The lowest BCUT2D eigenvalue weighted by Crippen LogP contribution is -2.28. The molecule has 1 atom stereocenters. The minimum Gasteiger partial charge on any atom is -0.326 e. The van der Waals surface area contributed by atoms with Gasteiger partial charge in [0, 0.05) is 31.3 Å². The largest absolute Gasteiger partial charge is 0.326 e. The van der Waals surface area contributed by atoms with Crippen molar-refractivity contribution in [1.82, 2.24) is 0 Å². The smallest absolute Gasteiger partial charge is 0.229 e. The first kappa shape index (κ1) is 19.4. The monoisotopic (exact) mass is 391 g/mol. The molecule has 1 aliphatic rings. The molecule has 3 rings (SSSR count). The first-order valence-electron chi connectivity index (χ1n) is 8.38. The Labute approximate surface area is 158 Å². The topological polar surface area (TPSA) is 78.5 Å². The summed E-state index contributed by atoms with van der Waals surface area (Å²) in [4.78, 5) is 37.2. The van der Waals surface area contributed by atoms with Crippen LogP contribution >= 0.6 is 0 Å². The quantitative estimate of drug-likeness (QED) is 0.787. The molecule has 9 heteroatoms. The van der Waals surface area contributed by atoms with Gasteiger partial charge >= 0.3 is 0 Å². The molecular weight excluding hydrogens is 375 g/mol. The number of hydrogen-bond donors (Lipinski definition) is 2. The first-order chi connectivity index (χ1) is 13.3. The summed E-state index contributed by atoms with van der Waals surface area (Å²) in [6.07, 6.45) is -0.124. The molecule has 0 radical (unpaired) electrons. The van der Waals surface area contributed by atoms with Crippen molar-refractivity contribution in [3.05, 3.63) is 53.8 Å². The maximum Gasteiger partial charge on any atom is 0.229 e. The maximum absolute atomic E-state index is 13.7. The minimum absolute atomic E-state index is 0.0273. The second-order valence-corrected chi connectivity index (χ2v) is 6.35. The van der Waals surface area contributed by atoms with Crippen LogP contribution < -0.4 is 15.5 Å². The van der Waals surface area contributed by atoms with Crippen molar-refractivity contribution in [3.63, 3.8) is 0 Å². The van der Waals surface area contributed by atoms with Crippen LogP contribution in [0.1, 0.15) is 13.3 Å². The lowest BCUT2D eigenvalue weighted by molar-refractivity contribution is -0.122. The third-order valence-corrected chi connectivity index (χ3v) is 4.27. The number of rotatable bonds is 4. The zero-order valence-corrected chi connectivity index (χ0v) is 14.8. The van der Waals surface area contributed by atoms with Gasteiger partial charge in [-0.2, -0.15) is 0 Å². The summed E-state index contributed by atoms with van der Waals surface area (Å²) in [5.41, 5.74) is 0.488. The summed E-state index contributed by atoms with van der Waals surface area (Å²) in [7, 11) is 0. The number of hydrogen-bond acceptors (Lipinski definition) is 3. The van der Waals surface area contributed by atoms with E-state index in [9.17, 15) is 27.6 Å². The van der Waals surface area contributed by atoms with E-state index in [0.29, 0.717) is 17.4 Å². The zero-order valence-electron chi connectivity index (χ0n) is 14.8. The van der Waals surface area contributed by atoms with Crippen LogP contribution in [0.3, 0.4) is 0 Å². The molecule has 0 aromatic heterocycles. The highest BCUT2D eigenvalue weighted by Crippen LogP contribution is 2.28. The van der Waals surface area contributed by atoms with Gasteiger partial charge in [0.25, 0.3) is 0 Å². The van der Waals surface area contributed by atoms with E-state index in [1.807, 2.05) is 0 Å². The fourth-order valence-electron chi connectivity index (χ4n) is 2.94. The van der Waals surface area contributed by atoms with E-state index in [4.69, 9.17) is 0 Å². The summed E-state index contributed by atoms with van der Waals surface area (Å²) < 4.78 is 40.0. The second-order valence-electron chi connectivity index (χ2n) is 6.35. The SMILES string of the molecule is CC(=O)Nc1cccc(N2CC(C(=O)Nc3ccc(F)c(F)c3F)CC2=O)c1. The predicted molar refractivity (Wildman–Crippen MR) is 96.2 cm³/mol. The van der Waals surface area contributed by atoms with Crippen LogP contribution in [0.4, 0.5) is 30.2 Å². The van der Waals surface area contributed by atoms with Crippen LogP contribution in [0.5, 0.6) is 0 Å². The van der Waals surface area contributed by atoms with Gasteiger partial charge in [-0.1, -0.05) is 6.07 Å². The van der Waals surface area contributed by atoms with Crippen LogP contribution in [0.2, 0.25) is 0 Å². The Bertz CT molecular complexity index is 965. The molecule has 0 bridgehead atoms. The number of carbonyl (C=O) groups excluding carboxylic acids is 3. The van der Waals surface area contributed by atoms with Gasteiger partial charge in [-0.05, 0) is 30.3 Å². The summed E-state index contributed by atoms with van der Waals surface area (Å²) in [5.74, 6) is -6.63. The molecule has 1 unspecified atom stereocenters. The van der Waals surface area contributed by atoms with Gasteiger partial charge in [0.2, 0.25) is 17.7 Å². The number of benzene rings is 2. The summed E-state index contributed by atoms with van der Waals surface area (Å²) in [5, 5.41) is 4.80. The van der Waals surface area contributed by atoms with Gasteiger partial charge in [0.1, 0.15) is 0 Å². The molecule has 1 saturated heterocycles. The lowest BCUT2D eigenvalue weighted by atomic mass is 10.1. The molecule has 1 heterocycles. The molecule has 2 aromatic rings. The second kappa shape index (κ2) is 7.71. The van der Waals surface area contributed by atoms with Crippen molar-refractivity contribution < 1.29 is 27.6 Å². The van der Waals surface area contributed by atoms with E-state index in [0.717, 1.165) is 6.07 Å². The molecule has 3 amide bonds. The molecule has 0 aliphatic carbocycles. The van der Waals surface area contributed by atoms with Crippen molar-refractivity contribution in [1.29, 1.82) is 0 Å². The van der Waals surface area contributed by atoms with Crippen molar-refractivity contribution >= 4 is 34.8 Å². The van der Waals surface area contributed by atoms with E-state index in [2.05, 4.69) is 10.6 Å². The fourth-order valence-corrected chi connectivity index (χ4v) is 2.94. The third kappa shape index (κ3) is 3.98. The van der Waals surface area contributed by atoms with Gasteiger partial charge in [0.15, 0.2) is 17.5 Å². The predicted octanol–water partition coefficient (Wildman–Crippen LogP) is 3.05. The van der Waals surface area contributed by atoms with Crippen LogP contribution in [-0.4, -0.2) is 24.3 Å². The Morgan fingerprint density at radius 2 is 1.82 bits per heavy atom. The average molecular weight is 391 g/mol. The van der Waals surface area contributed by atoms with Crippen molar-refractivity contribution in [2.75, 3.05) is 22.1 Å². The van der Waals surface area contributed by atoms with Gasteiger partial charge in [0.05, 0.1) is 11.6 Å². The average Bonchev–Trinajstić information content (AvgIpc) is 3.04. The maximum atomic E-state index is 13.7. The van der Waals surface area contributed by atoms with Gasteiger partial charge < -0.3 is 15.5 Å². The Balaban J connectivity index is 1.73. The zero-order chi connectivity index (χ0) is 20.4. The molecule has 2 N–H and O–H groups in total. The number of anilines is 3. The van der Waals surface area contributed by atoms with Crippen LogP contribution in [-0.2, 0) is 14.4 Å². The Hall–Kier alpha value is -3.36. The van der Waals surface area contributed by atoms with E-state index in [1.54, 1.807) is 24.3 Å². The van der Waals surface area contributed by atoms with Crippen LogP contribution in [0, 0.1) is 23.4 Å². The van der Waals surface area contributed by atoms with Gasteiger partial charge in [-0.25, -0.2) is 13.2 Å². The molecule has 2 aromatic carbocycles. The normalized spacial score (nSPS) is 16.2. The molecular formula is C19H16F3N3O3. The van der Waals surface area contributed by atoms with Crippen molar-refractivity contribution in [3.8, 4) is 0 Å². The molecule has 28 heavy (non-hydrogen) atoms. The van der Waals surface area contributed by atoms with Crippen LogP contribution in [0.15, 0.2) is 36.4 Å². The molecule has 146 valence electrons. The summed E-state index contributed by atoms with van der Waals surface area (Å²) in [6.45, 7) is 1.38. The van der Waals surface area contributed by atoms with Gasteiger partial charge in [-0.15, -0.1) is 0 Å². The van der Waals surface area contributed by atoms with E-state index in [-0.39, 0.29) is 24.8 Å². The number of nitrogens with one attached hydrogen (secondary N) is 2. The lowest BCUT2D eigenvalue weighted by Gasteiger charge is -2.18. The minimum atomic E-state index is -1.68. The highest BCUT2D eigenvalue weighted by atomic mass is 19.2. The van der Waals surface area contributed by atoms with E-state index in [1.165, 1.54) is 11.8 Å². The number of amides is 3. The standard InChI is InChI=1S/C19H16F3N3O3/c1-10(26)23-12-3-2-4-13(8-12)25-9-11(7-16(25)27)19(28)24-15-6-5-14(20)17(21)18(15)22/h2-6,8,11H,7,9H2,1H3,(H,23,26)(H,24,28). The summed E-state index contributed by atoms with van der Waals surface area (Å²) >= 11 is 0.